The molecule has 0 spiro atoms. The number of primary amides is 1. The average Bonchev–Trinajstić information content (AvgIpc) is 2.27. The first-order valence-electron chi connectivity index (χ1n) is 4.84. The van der Waals surface area contributed by atoms with Crippen LogP contribution >= 0.6 is 11.6 Å². The molecule has 1 rings (SSSR count). The summed E-state index contributed by atoms with van der Waals surface area (Å²) in [5.74, 6) is -2.93. The molecule has 0 aliphatic rings. The standard InChI is InChI=1S/C10H10ClN3O4/c11-8-5(2-1-3-13-8)9(16)14-6(10(17)18)4-7(12)15/h1-3,6H,4H2,(H2,12,15)(H,14,16)(H,17,18)/t6-/m1/s1. The van der Waals surface area contributed by atoms with Crippen LogP contribution in [0.3, 0.4) is 0 Å². The Labute approximate surface area is 107 Å². The highest BCUT2D eigenvalue weighted by Crippen LogP contribution is 2.11. The van der Waals surface area contributed by atoms with Crippen LogP contribution in [0.2, 0.25) is 5.15 Å². The second-order valence-electron chi connectivity index (χ2n) is 3.38. The molecule has 0 unspecified atom stereocenters. The molecule has 0 aromatic carbocycles. The summed E-state index contributed by atoms with van der Waals surface area (Å²) in [5, 5.41) is 10.9. The molecule has 0 bridgehead atoms. The predicted octanol–water partition coefficient (Wildman–Crippen LogP) is -0.207. The van der Waals surface area contributed by atoms with Crippen LogP contribution in [0.25, 0.3) is 0 Å². The topological polar surface area (TPSA) is 122 Å². The molecular weight excluding hydrogens is 262 g/mol. The minimum atomic E-state index is -1.40. The number of carbonyl (C=O) groups excluding carboxylic acids is 2. The summed E-state index contributed by atoms with van der Waals surface area (Å²) in [7, 11) is 0. The van der Waals surface area contributed by atoms with Crippen LogP contribution in [0.4, 0.5) is 0 Å². The van der Waals surface area contributed by atoms with Gasteiger partial charge in [0, 0.05) is 6.20 Å². The van der Waals surface area contributed by atoms with Gasteiger partial charge in [0.2, 0.25) is 5.91 Å². The van der Waals surface area contributed by atoms with E-state index in [-0.39, 0.29) is 10.7 Å². The molecule has 0 fully saturated rings. The Morgan fingerprint density at radius 1 is 1.50 bits per heavy atom. The number of carboxylic acids is 1. The fourth-order valence-electron chi connectivity index (χ4n) is 1.19. The Morgan fingerprint density at radius 2 is 2.17 bits per heavy atom. The number of nitrogens with two attached hydrogens (primary N) is 1. The number of nitrogens with zero attached hydrogens (tertiary/aromatic N) is 1. The second kappa shape index (κ2) is 5.97. The third-order valence-electron chi connectivity index (χ3n) is 2.01. The summed E-state index contributed by atoms with van der Waals surface area (Å²) in [6, 6.07) is 1.46. The van der Waals surface area contributed by atoms with Gasteiger partial charge in [0.15, 0.2) is 0 Å². The maximum Gasteiger partial charge on any atom is 0.326 e. The number of nitrogens with one attached hydrogen (secondary N) is 1. The molecule has 0 radical (unpaired) electrons. The van der Waals surface area contributed by atoms with Gasteiger partial charge >= 0.3 is 5.97 Å². The molecule has 4 N–H and O–H groups in total. The number of aliphatic carboxylic acids is 1. The van der Waals surface area contributed by atoms with E-state index in [4.69, 9.17) is 22.4 Å². The lowest BCUT2D eigenvalue weighted by atomic mass is 10.2. The first kappa shape index (κ1) is 13.9. The van der Waals surface area contributed by atoms with Gasteiger partial charge in [0.25, 0.3) is 5.91 Å². The van der Waals surface area contributed by atoms with Gasteiger partial charge < -0.3 is 16.2 Å². The third kappa shape index (κ3) is 3.70. The number of pyridine rings is 1. The second-order valence-corrected chi connectivity index (χ2v) is 3.73. The van der Waals surface area contributed by atoms with Gasteiger partial charge in [0.1, 0.15) is 11.2 Å². The molecule has 18 heavy (non-hydrogen) atoms. The van der Waals surface area contributed by atoms with Crippen molar-refractivity contribution in [2.45, 2.75) is 12.5 Å². The van der Waals surface area contributed by atoms with Crippen LogP contribution in [0.1, 0.15) is 16.8 Å². The van der Waals surface area contributed by atoms with E-state index in [9.17, 15) is 14.4 Å². The predicted molar refractivity (Wildman–Crippen MR) is 61.9 cm³/mol. The van der Waals surface area contributed by atoms with Crippen LogP contribution in [0.15, 0.2) is 18.3 Å². The molecule has 1 aromatic rings. The number of halogens is 1. The molecule has 0 aliphatic heterocycles. The van der Waals surface area contributed by atoms with Crippen molar-refractivity contribution in [3.63, 3.8) is 0 Å². The smallest absolute Gasteiger partial charge is 0.326 e. The molecule has 96 valence electrons. The van der Waals surface area contributed by atoms with Crippen molar-refractivity contribution in [1.82, 2.24) is 10.3 Å². The van der Waals surface area contributed by atoms with E-state index in [2.05, 4.69) is 10.3 Å². The van der Waals surface area contributed by atoms with Gasteiger partial charge in [0.05, 0.1) is 12.0 Å². The SMILES string of the molecule is NC(=O)C[C@@H](NC(=O)c1cccnc1Cl)C(=O)O. The molecule has 0 saturated heterocycles. The number of carbonyl (C=O) groups is 3. The number of carboxylic acid groups (broad SMARTS) is 1. The average molecular weight is 272 g/mol. The summed E-state index contributed by atoms with van der Waals surface area (Å²) < 4.78 is 0. The van der Waals surface area contributed by atoms with Crippen molar-refractivity contribution >= 4 is 29.4 Å². The molecular formula is C10H10ClN3O4. The van der Waals surface area contributed by atoms with Crippen molar-refractivity contribution in [3.8, 4) is 0 Å². The van der Waals surface area contributed by atoms with E-state index < -0.39 is 30.2 Å². The first-order valence-corrected chi connectivity index (χ1v) is 5.22. The molecule has 1 aromatic heterocycles. The van der Waals surface area contributed by atoms with E-state index >= 15 is 0 Å². The van der Waals surface area contributed by atoms with Crippen LogP contribution < -0.4 is 11.1 Å². The van der Waals surface area contributed by atoms with E-state index in [0.717, 1.165) is 0 Å². The van der Waals surface area contributed by atoms with Gasteiger partial charge in [-0.2, -0.15) is 0 Å². The minimum Gasteiger partial charge on any atom is -0.480 e. The minimum absolute atomic E-state index is 0.0230. The van der Waals surface area contributed by atoms with Gasteiger partial charge in [-0.1, -0.05) is 11.6 Å². The number of amides is 2. The lowest BCUT2D eigenvalue weighted by Crippen LogP contribution is -2.43. The van der Waals surface area contributed by atoms with E-state index in [1.807, 2.05) is 0 Å². The van der Waals surface area contributed by atoms with E-state index in [1.54, 1.807) is 0 Å². The Balaban J connectivity index is 2.82. The van der Waals surface area contributed by atoms with Crippen molar-refractivity contribution in [3.05, 3.63) is 29.0 Å². The van der Waals surface area contributed by atoms with Crippen LogP contribution in [0.5, 0.6) is 0 Å². The van der Waals surface area contributed by atoms with Gasteiger partial charge in [-0.15, -0.1) is 0 Å². The third-order valence-corrected chi connectivity index (χ3v) is 2.31. The normalized spacial score (nSPS) is 11.6. The van der Waals surface area contributed by atoms with Crippen LogP contribution in [0, 0.1) is 0 Å². The molecule has 1 heterocycles. The summed E-state index contributed by atoms with van der Waals surface area (Å²) in [5.41, 5.74) is 4.91. The highest BCUT2D eigenvalue weighted by molar-refractivity contribution is 6.32. The highest BCUT2D eigenvalue weighted by atomic mass is 35.5. The quantitative estimate of drug-likeness (QED) is 0.640. The fourth-order valence-corrected chi connectivity index (χ4v) is 1.40. The van der Waals surface area contributed by atoms with Crippen molar-refractivity contribution in [2.24, 2.45) is 5.73 Å². The largest absolute Gasteiger partial charge is 0.480 e. The summed E-state index contributed by atoms with van der Waals surface area (Å²) >= 11 is 5.68. The number of rotatable bonds is 5. The maximum atomic E-state index is 11.7. The monoisotopic (exact) mass is 271 g/mol. The van der Waals surface area contributed by atoms with Gasteiger partial charge in [-0.25, -0.2) is 9.78 Å². The summed E-state index contributed by atoms with van der Waals surface area (Å²) in [4.78, 5) is 36.9. The highest BCUT2D eigenvalue weighted by Gasteiger charge is 2.23. The Hall–Kier alpha value is -2.15. The Kier molecular flexibility index (Phi) is 4.61. The number of hydrogen-bond donors (Lipinski definition) is 3. The number of aromatic nitrogens is 1. The maximum absolute atomic E-state index is 11.7. The van der Waals surface area contributed by atoms with Gasteiger partial charge in [-0.05, 0) is 12.1 Å². The molecule has 1 atom stereocenters. The molecule has 8 heteroatoms. The zero-order valence-corrected chi connectivity index (χ0v) is 9.85. The summed E-state index contributed by atoms with van der Waals surface area (Å²) in [6.07, 6.45) is 0.885. The Bertz CT molecular complexity index is 492. The molecule has 2 amide bonds. The van der Waals surface area contributed by atoms with Crippen molar-refractivity contribution in [1.29, 1.82) is 0 Å². The lowest BCUT2D eigenvalue weighted by molar-refractivity contribution is -0.140. The van der Waals surface area contributed by atoms with E-state index in [0.29, 0.717) is 0 Å². The zero-order chi connectivity index (χ0) is 13.7. The van der Waals surface area contributed by atoms with Crippen LogP contribution in [-0.4, -0.2) is 33.9 Å². The van der Waals surface area contributed by atoms with Gasteiger partial charge in [-0.3, -0.25) is 9.59 Å². The zero-order valence-electron chi connectivity index (χ0n) is 9.09. The Morgan fingerprint density at radius 3 is 2.67 bits per heavy atom. The van der Waals surface area contributed by atoms with E-state index in [1.165, 1.54) is 18.3 Å². The lowest BCUT2D eigenvalue weighted by Gasteiger charge is -2.12. The number of hydrogen-bond acceptors (Lipinski definition) is 4. The fraction of sp³-hybridized carbons (Fsp3) is 0.200. The molecule has 7 nitrogen and oxygen atoms in total. The van der Waals surface area contributed by atoms with Crippen LogP contribution in [-0.2, 0) is 9.59 Å². The molecule has 0 aliphatic carbocycles. The molecule has 0 saturated carbocycles. The summed E-state index contributed by atoms with van der Waals surface area (Å²) in [6.45, 7) is 0. The first-order chi connectivity index (χ1) is 8.41. The van der Waals surface area contributed by atoms with Crippen molar-refractivity contribution in [2.75, 3.05) is 0 Å². The van der Waals surface area contributed by atoms with Crippen molar-refractivity contribution < 1.29 is 19.5 Å².